The number of halogens is 1. The molecule has 5 heteroatoms. The maximum Gasteiger partial charge on any atom is 0.215 e. The number of anilines is 3. The van der Waals surface area contributed by atoms with Crippen LogP contribution < -0.4 is 15.8 Å². The molecule has 3 N–H and O–H groups in total. The van der Waals surface area contributed by atoms with Gasteiger partial charge in [-0.05, 0) is 30.7 Å². The smallest absolute Gasteiger partial charge is 0.215 e. The van der Waals surface area contributed by atoms with Crippen molar-refractivity contribution in [2.24, 2.45) is 0 Å². The quantitative estimate of drug-likeness (QED) is 0.891. The van der Waals surface area contributed by atoms with Gasteiger partial charge in [-0.15, -0.1) is 0 Å². The van der Waals surface area contributed by atoms with Crippen LogP contribution in [0.25, 0.3) is 0 Å². The molecule has 0 radical (unpaired) electrons. The maximum absolute atomic E-state index is 6.14. The predicted octanol–water partition coefficient (Wildman–Crippen LogP) is 3.38. The summed E-state index contributed by atoms with van der Waals surface area (Å²) in [5.74, 6) is 1.02. The van der Waals surface area contributed by atoms with Crippen LogP contribution in [0.1, 0.15) is 5.56 Å². The van der Waals surface area contributed by atoms with E-state index in [0.29, 0.717) is 22.4 Å². The standard InChI is InChI=1S/C13H14ClN3O/c1-8-3-5-11(9(14)7-8)16-13-10(15)4-6-12(17-13)18-2/h3-7H,15H2,1-2H3,(H,16,17). The average Bonchev–Trinajstić information content (AvgIpc) is 2.35. The number of benzene rings is 1. The molecule has 1 heterocycles. The number of aryl methyl sites for hydroxylation is 1. The van der Waals surface area contributed by atoms with Crippen molar-refractivity contribution in [3.8, 4) is 5.88 Å². The number of hydrogen-bond donors (Lipinski definition) is 2. The van der Waals surface area contributed by atoms with Crippen LogP contribution in [0, 0.1) is 6.92 Å². The van der Waals surface area contributed by atoms with E-state index in [-0.39, 0.29) is 0 Å². The molecule has 0 aliphatic carbocycles. The van der Waals surface area contributed by atoms with Gasteiger partial charge in [0.25, 0.3) is 0 Å². The number of nitrogens with two attached hydrogens (primary N) is 1. The van der Waals surface area contributed by atoms with Crippen LogP contribution in [0.5, 0.6) is 5.88 Å². The van der Waals surface area contributed by atoms with Crippen LogP contribution in [0.4, 0.5) is 17.2 Å². The van der Waals surface area contributed by atoms with Crippen molar-refractivity contribution in [2.45, 2.75) is 6.92 Å². The Labute approximate surface area is 111 Å². The topological polar surface area (TPSA) is 60.2 Å². The fraction of sp³-hybridized carbons (Fsp3) is 0.154. The van der Waals surface area contributed by atoms with Gasteiger partial charge in [-0.25, -0.2) is 0 Å². The van der Waals surface area contributed by atoms with Gasteiger partial charge in [0.05, 0.1) is 23.5 Å². The van der Waals surface area contributed by atoms with Gasteiger partial charge in [-0.2, -0.15) is 4.98 Å². The number of aromatic nitrogens is 1. The summed E-state index contributed by atoms with van der Waals surface area (Å²) in [5.41, 5.74) is 8.24. The molecular formula is C13H14ClN3O. The molecule has 0 aliphatic rings. The van der Waals surface area contributed by atoms with E-state index in [1.807, 2.05) is 25.1 Å². The van der Waals surface area contributed by atoms with E-state index < -0.39 is 0 Å². The molecule has 0 saturated heterocycles. The molecule has 2 aromatic rings. The van der Waals surface area contributed by atoms with Crippen LogP contribution in [0.2, 0.25) is 5.02 Å². The summed E-state index contributed by atoms with van der Waals surface area (Å²) in [6, 6.07) is 9.16. The van der Waals surface area contributed by atoms with Gasteiger partial charge >= 0.3 is 0 Å². The van der Waals surface area contributed by atoms with Gasteiger partial charge in [0, 0.05) is 6.07 Å². The molecule has 0 atom stereocenters. The lowest BCUT2D eigenvalue weighted by Crippen LogP contribution is -2.01. The Morgan fingerprint density at radius 2 is 2.06 bits per heavy atom. The van der Waals surface area contributed by atoms with Crippen LogP contribution in [0.15, 0.2) is 30.3 Å². The van der Waals surface area contributed by atoms with Gasteiger partial charge in [-0.1, -0.05) is 17.7 Å². The second kappa shape index (κ2) is 5.14. The minimum Gasteiger partial charge on any atom is -0.481 e. The molecule has 0 aliphatic heterocycles. The first kappa shape index (κ1) is 12.5. The van der Waals surface area contributed by atoms with Crippen LogP contribution in [0.3, 0.4) is 0 Å². The highest BCUT2D eigenvalue weighted by Crippen LogP contribution is 2.29. The van der Waals surface area contributed by atoms with E-state index in [9.17, 15) is 0 Å². The van der Waals surface area contributed by atoms with Crippen LogP contribution in [-0.4, -0.2) is 12.1 Å². The zero-order chi connectivity index (χ0) is 13.1. The number of nitrogens with one attached hydrogen (secondary N) is 1. The lowest BCUT2D eigenvalue weighted by molar-refractivity contribution is 0.398. The van der Waals surface area contributed by atoms with Gasteiger partial charge in [0.15, 0.2) is 5.82 Å². The highest BCUT2D eigenvalue weighted by atomic mass is 35.5. The Bertz CT molecular complexity index is 572. The zero-order valence-corrected chi connectivity index (χ0v) is 11.0. The Kier molecular flexibility index (Phi) is 3.58. The third-order valence-corrected chi connectivity index (χ3v) is 2.80. The minimum atomic E-state index is 0.495. The Morgan fingerprint density at radius 3 is 2.72 bits per heavy atom. The summed E-state index contributed by atoms with van der Waals surface area (Å²) >= 11 is 6.14. The van der Waals surface area contributed by atoms with Crippen molar-refractivity contribution in [1.82, 2.24) is 4.98 Å². The first-order chi connectivity index (χ1) is 8.60. The molecule has 0 saturated carbocycles. The highest BCUT2D eigenvalue weighted by Gasteiger charge is 2.06. The van der Waals surface area contributed by atoms with E-state index in [2.05, 4.69) is 10.3 Å². The summed E-state index contributed by atoms with van der Waals surface area (Å²) in [6.45, 7) is 1.98. The van der Waals surface area contributed by atoms with Crippen molar-refractivity contribution in [1.29, 1.82) is 0 Å². The van der Waals surface area contributed by atoms with Crippen LogP contribution in [-0.2, 0) is 0 Å². The molecule has 94 valence electrons. The van der Waals surface area contributed by atoms with E-state index in [0.717, 1.165) is 11.3 Å². The fourth-order valence-electron chi connectivity index (χ4n) is 1.51. The lowest BCUT2D eigenvalue weighted by Gasteiger charge is -2.11. The Hall–Kier alpha value is -1.94. The van der Waals surface area contributed by atoms with Crippen molar-refractivity contribution in [3.63, 3.8) is 0 Å². The first-order valence-electron chi connectivity index (χ1n) is 5.44. The van der Waals surface area contributed by atoms with Gasteiger partial charge in [0.1, 0.15) is 0 Å². The summed E-state index contributed by atoms with van der Waals surface area (Å²) < 4.78 is 5.06. The zero-order valence-electron chi connectivity index (χ0n) is 10.2. The third kappa shape index (κ3) is 2.65. The molecule has 0 unspecified atom stereocenters. The Balaban J connectivity index is 2.33. The van der Waals surface area contributed by atoms with Crippen molar-refractivity contribution < 1.29 is 4.74 Å². The van der Waals surface area contributed by atoms with E-state index in [4.69, 9.17) is 22.1 Å². The Morgan fingerprint density at radius 1 is 1.28 bits per heavy atom. The molecule has 4 nitrogen and oxygen atoms in total. The summed E-state index contributed by atoms with van der Waals surface area (Å²) in [4.78, 5) is 4.23. The van der Waals surface area contributed by atoms with Crippen molar-refractivity contribution in [2.75, 3.05) is 18.2 Å². The molecule has 0 fully saturated rings. The van der Waals surface area contributed by atoms with E-state index in [1.54, 1.807) is 19.2 Å². The van der Waals surface area contributed by atoms with Gasteiger partial charge < -0.3 is 15.8 Å². The number of nitrogen functional groups attached to an aromatic ring is 1. The normalized spacial score (nSPS) is 10.2. The second-order valence-electron chi connectivity index (χ2n) is 3.90. The molecule has 1 aromatic carbocycles. The first-order valence-corrected chi connectivity index (χ1v) is 5.81. The molecule has 1 aromatic heterocycles. The molecule has 0 spiro atoms. The fourth-order valence-corrected chi connectivity index (χ4v) is 1.80. The SMILES string of the molecule is COc1ccc(N)c(Nc2ccc(C)cc2Cl)n1. The lowest BCUT2D eigenvalue weighted by atomic mass is 10.2. The average molecular weight is 264 g/mol. The van der Waals surface area contributed by atoms with Crippen molar-refractivity contribution in [3.05, 3.63) is 40.9 Å². The van der Waals surface area contributed by atoms with E-state index in [1.165, 1.54) is 0 Å². The highest BCUT2D eigenvalue weighted by molar-refractivity contribution is 6.33. The number of rotatable bonds is 3. The summed E-state index contributed by atoms with van der Waals surface area (Å²) in [7, 11) is 1.56. The number of methoxy groups -OCH3 is 1. The number of hydrogen-bond acceptors (Lipinski definition) is 4. The summed E-state index contributed by atoms with van der Waals surface area (Å²) in [6.07, 6.45) is 0. The predicted molar refractivity (Wildman–Crippen MR) is 74.7 cm³/mol. The molecular weight excluding hydrogens is 250 g/mol. The largest absolute Gasteiger partial charge is 0.481 e. The third-order valence-electron chi connectivity index (χ3n) is 2.49. The van der Waals surface area contributed by atoms with E-state index >= 15 is 0 Å². The number of pyridine rings is 1. The van der Waals surface area contributed by atoms with Gasteiger partial charge in [-0.3, -0.25) is 0 Å². The van der Waals surface area contributed by atoms with Crippen molar-refractivity contribution >= 4 is 28.8 Å². The summed E-state index contributed by atoms with van der Waals surface area (Å²) in [5, 5.41) is 3.72. The molecule has 0 amide bonds. The maximum atomic E-state index is 6.14. The molecule has 2 rings (SSSR count). The second-order valence-corrected chi connectivity index (χ2v) is 4.31. The van der Waals surface area contributed by atoms with Gasteiger partial charge in [0.2, 0.25) is 5.88 Å². The number of ether oxygens (including phenoxy) is 1. The molecule has 0 bridgehead atoms. The monoisotopic (exact) mass is 263 g/mol. The minimum absolute atomic E-state index is 0.495. The van der Waals surface area contributed by atoms with Crippen LogP contribution >= 0.6 is 11.6 Å². The molecule has 18 heavy (non-hydrogen) atoms. The number of nitrogens with zero attached hydrogens (tertiary/aromatic N) is 1.